The number of rotatable bonds is 8. The van der Waals surface area contributed by atoms with Crippen molar-refractivity contribution in [2.24, 2.45) is 0 Å². The van der Waals surface area contributed by atoms with Crippen molar-refractivity contribution >= 4 is 28.7 Å². The van der Waals surface area contributed by atoms with E-state index in [1.54, 1.807) is 40.0 Å². The minimum Gasteiger partial charge on any atom is -0.387 e. The molecule has 0 bridgehead atoms. The van der Waals surface area contributed by atoms with Crippen LogP contribution in [0.1, 0.15) is 29.8 Å². The molecule has 1 amide bonds. The Hall–Kier alpha value is -4.63. The summed E-state index contributed by atoms with van der Waals surface area (Å²) in [6, 6.07) is 9.05. The maximum Gasteiger partial charge on any atom is 0.255 e. The van der Waals surface area contributed by atoms with Crippen LogP contribution < -0.4 is 15.5 Å². The van der Waals surface area contributed by atoms with Gasteiger partial charge in [-0.15, -0.1) is 0 Å². The minimum absolute atomic E-state index is 0.156. The molecule has 0 aliphatic rings. The highest BCUT2D eigenvalue weighted by molar-refractivity contribution is 6.00. The molecule has 11 nitrogen and oxygen atoms in total. The van der Waals surface area contributed by atoms with E-state index >= 15 is 0 Å². The Morgan fingerprint density at radius 2 is 1.92 bits per heavy atom. The van der Waals surface area contributed by atoms with E-state index < -0.39 is 17.7 Å². The average Bonchev–Trinajstić information content (AvgIpc) is 3.30. The molecule has 0 spiro atoms. The van der Waals surface area contributed by atoms with Crippen molar-refractivity contribution in [1.82, 2.24) is 29.9 Å². The van der Waals surface area contributed by atoms with Crippen molar-refractivity contribution in [3.05, 3.63) is 60.2 Å². The number of aliphatic hydroxyl groups is 1. The van der Waals surface area contributed by atoms with Gasteiger partial charge >= 0.3 is 0 Å². The molecule has 190 valence electrons. The highest BCUT2D eigenvalue weighted by Gasteiger charge is 2.27. The molecular formula is C25H26FN9O2. The fourth-order valence-corrected chi connectivity index (χ4v) is 3.43. The molecule has 1 atom stereocenters. The van der Waals surface area contributed by atoms with Crippen molar-refractivity contribution in [2.75, 3.05) is 30.9 Å². The first kappa shape index (κ1) is 25.5. The summed E-state index contributed by atoms with van der Waals surface area (Å²) in [5.41, 5.74) is 1.74. The Labute approximate surface area is 212 Å². The normalized spacial score (nSPS) is 12.1. The highest BCUT2D eigenvalue weighted by atomic mass is 19.1. The van der Waals surface area contributed by atoms with E-state index in [2.05, 4.69) is 36.8 Å². The Bertz CT molecular complexity index is 1470. The minimum atomic E-state index is -1.66. The summed E-state index contributed by atoms with van der Waals surface area (Å²) in [6.07, 6.45) is 4.32. The van der Waals surface area contributed by atoms with Gasteiger partial charge in [0.1, 0.15) is 12.2 Å². The van der Waals surface area contributed by atoms with Gasteiger partial charge in [-0.3, -0.25) is 9.78 Å². The summed E-state index contributed by atoms with van der Waals surface area (Å²) < 4.78 is 15.9. The van der Waals surface area contributed by atoms with Gasteiger partial charge in [-0.1, -0.05) is 0 Å². The van der Waals surface area contributed by atoms with E-state index in [-0.39, 0.29) is 12.1 Å². The summed E-state index contributed by atoms with van der Waals surface area (Å²) >= 11 is 0. The van der Waals surface area contributed by atoms with E-state index in [4.69, 9.17) is 5.26 Å². The van der Waals surface area contributed by atoms with Crippen molar-refractivity contribution in [3.63, 3.8) is 0 Å². The molecule has 0 radical (unpaired) electrons. The zero-order valence-corrected chi connectivity index (χ0v) is 20.8. The summed E-state index contributed by atoms with van der Waals surface area (Å²) in [5.74, 6) is -0.0573. The second kappa shape index (κ2) is 10.2. The van der Waals surface area contributed by atoms with Gasteiger partial charge in [0.15, 0.2) is 0 Å². The molecule has 1 unspecified atom stereocenters. The number of nitriles is 1. The number of carbonyl (C=O) groups excluding carboxylic acids is 1. The van der Waals surface area contributed by atoms with E-state index in [1.165, 1.54) is 26.2 Å². The Morgan fingerprint density at radius 1 is 1.19 bits per heavy atom. The number of nitrogens with one attached hydrogen (secondary N) is 2. The molecule has 0 aromatic carbocycles. The van der Waals surface area contributed by atoms with Crippen LogP contribution >= 0.6 is 0 Å². The summed E-state index contributed by atoms with van der Waals surface area (Å²) in [4.78, 5) is 27.8. The molecule has 4 aromatic rings. The number of halogens is 1. The third-order valence-corrected chi connectivity index (χ3v) is 5.57. The van der Waals surface area contributed by atoms with Crippen LogP contribution in [0.3, 0.4) is 0 Å². The molecule has 0 aliphatic heterocycles. The number of alkyl halides is 1. The lowest BCUT2D eigenvalue weighted by Gasteiger charge is -2.22. The van der Waals surface area contributed by atoms with Crippen LogP contribution in [0, 0.1) is 11.3 Å². The number of hydrogen-bond donors (Lipinski definition) is 3. The van der Waals surface area contributed by atoms with E-state index in [0.717, 1.165) is 0 Å². The third-order valence-electron chi connectivity index (χ3n) is 5.57. The Morgan fingerprint density at radius 3 is 2.57 bits per heavy atom. The first-order chi connectivity index (χ1) is 17.6. The molecule has 0 fully saturated rings. The number of carbonyl (C=O) groups is 1. The van der Waals surface area contributed by atoms with Crippen LogP contribution in [0.25, 0.3) is 16.9 Å². The quantitative estimate of drug-likeness (QED) is 0.330. The lowest BCUT2D eigenvalue weighted by molar-refractivity contribution is -0.00177. The summed E-state index contributed by atoms with van der Waals surface area (Å²) in [7, 11) is 3.64. The molecule has 3 N–H and O–H groups in total. The smallest absolute Gasteiger partial charge is 0.255 e. The van der Waals surface area contributed by atoms with Crippen LogP contribution in [-0.2, 0) is 0 Å². The van der Waals surface area contributed by atoms with Gasteiger partial charge in [-0.05, 0) is 38.1 Å². The van der Waals surface area contributed by atoms with E-state index in [9.17, 15) is 14.3 Å². The first-order valence-corrected chi connectivity index (χ1v) is 11.4. The maximum absolute atomic E-state index is 14.2. The number of hydrogen-bond acceptors (Lipinski definition) is 9. The molecule has 0 saturated carbocycles. The number of nitrogens with zero attached hydrogens (tertiary/aromatic N) is 7. The van der Waals surface area contributed by atoms with Crippen LogP contribution in [-0.4, -0.2) is 68.0 Å². The van der Waals surface area contributed by atoms with E-state index in [1.807, 2.05) is 20.2 Å². The molecule has 4 heterocycles. The molecule has 4 rings (SSSR count). The Kier molecular flexibility index (Phi) is 6.99. The van der Waals surface area contributed by atoms with Crippen molar-refractivity contribution in [2.45, 2.75) is 25.6 Å². The van der Waals surface area contributed by atoms with Gasteiger partial charge in [-0.25, -0.2) is 18.9 Å². The summed E-state index contributed by atoms with van der Waals surface area (Å²) in [5, 5.41) is 29.0. The van der Waals surface area contributed by atoms with Crippen molar-refractivity contribution in [3.8, 4) is 17.5 Å². The van der Waals surface area contributed by atoms with Crippen LogP contribution in [0.15, 0.2) is 49.1 Å². The lowest BCUT2D eigenvalue weighted by Crippen LogP contribution is -2.42. The van der Waals surface area contributed by atoms with Gasteiger partial charge in [0, 0.05) is 20.3 Å². The molecule has 0 saturated heterocycles. The number of anilines is 3. The van der Waals surface area contributed by atoms with Crippen molar-refractivity contribution < 1.29 is 14.3 Å². The van der Waals surface area contributed by atoms with Crippen LogP contribution in [0.4, 0.5) is 21.7 Å². The van der Waals surface area contributed by atoms with Crippen LogP contribution in [0.2, 0.25) is 0 Å². The highest BCUT2D eigenvalue weighted by Crippen LogP contribution is 2.27. The van der Waals surface area contributed by atoms with Crippen LogP contribution in [0.5, 0.6) is 0 Å². The maximum atomic E-state index is 14.2. The number of amides is 1. The van der Waals surface area contributed by atoms with Gasteiger partial charge < -0.3 is 20.6 Å². The zero-order chi connectivity index (χ0) is 26.7. The molecule has 12 heteroatoms. The topological polar surface area (TPSA) is 144 Å². The fraction of sp³-hybridized carbons (Fsp3) is 0.280. The third kappa shape index (κ3) is 5.62. The van der Waals surface area contributed by atoms with Crippen molar-refractivity contribution in [1.29, 1.82) is 5.26 Å². The fourth-order valence-electron chi connectivity index (χ4n) is 3.43. The predicted molar refractivity (Wildman–Crippen MR) is 136 cm³/mol. The average molecular weight is 504 g/mol. The zero-order valence-electron chi connectivity index (χ0n) is 20.8. The standard InChI is InChI=1S/C25H26FN9O2/c1-25(2,37)22(26)14-29-23(36)18-13-28-20(21-6-5-17-7-15(9-27)10-32-35(17)21)8-19(18)33-16-11-30-24(31-12-16)34(3)4/h5-8,10-13,22,37H,14H2,1-4H3,(H,28,33)(H,29,36). The first-order valence-electron chi connectivity index (χ1n) is 11.4. The lowest BCUT2D eigenvalue weighted by atomic mass is 10.0. The molecule has 0 aliphatic carbocycles. The number of aromatic nitrogens is 5. The molecule has 4 aromatic heterocycles. The van der Waals surface area contributed by atoms with Gasteiger partial charge in [0.05, 0.1) is 70.1 Å². The number of pyridine rings is 1. The SMILES string of the molecule is CN(C)c1ncc(Nc2cc(-c3ccc4cc(C#N)cnn34)ncc2C(=O)NCC(F)C(C)(C)O)cn1. The van der Waals surface area contributed by atoms with E-state index in [0.29, 0.717) is 39.8 Å². The second-order valence-corrected chi connectivity index (χ2v) is 9.15. The second-order valence-electron chi connectivity index (χ2n) is 9.15. The summed E-state index contributed by atoms with van der Waals surface area (Å²) in [6.45, 7) is 2.29. The van der Waals surface area contributed by atoms with Gasteiger partial charge in [0.25, 0.3) is 5.91 Å². The van der Waals surface area contributed by atoms with Gasteiger partial charge in [-0.2, -0.15) is 10.4 Å². The van der Waals surface area contributed by atoms with Gasteiger partial charge in [0.2, 0.25) is 5.95 Å². The Balaban J connectivity index is 1.70. The molecular weight excluding hydrogens is 477 g/mol. The predicted octanol–water partition coefficient (Wildman–Crippen LogP) is 2.71. The monoisotopic (exact) mass is 503 g/mol. The largest absolute Gasteiger partial charge is 0.387 e. The number of fused-ring (bicyclic) bond motifs is 1. The molecule has 37 heavy (non-hydrogen) atoms.